The lowest BCUT2D eigenvalue weighted by Crippen LogP contribution is -2.46. The summed E-state index contributed by atoms with van der Waals surface area (Å²) in [5, 5.41) is 13.8. The zero-order valence-electron chi connectivity index (χ0n) is 14.7. The summed E-state index contributed by atoms with van der Waals surface area (Å²) in [4.78, 5) is 36.7. The number of hydrogen-bond donors (Lipinski definition) is 1. The highest BCUT2D eigenvalue weighted by Crippen LogP contribution is 2.23. The van der Waals surface area contributed by atoms with Crippen molar-refractivity contribution in [1.29, 1.82) is 0 Å². The minimum atomic E-state index is -0.597. The number of nitrogens with one attached hydrogen (secondary N) is 1. The predicted molar refractivity (Wildman–Crippen MR) is 101 cm³/mol. The van der Waals surface area contributed by atoms with Crippen molar-refractivity contribution in [3.63, 3.8) is 0 Å². The highest BCUT2D eigenvalue weighted by molar-refractivity contribution is 6.34. The average Bonchev–Trinajstić information content (AvgIpc) is 2.68. The van der Waals surface area contributed by atoms with E-state index in [4.69, 9.17) is 11.6 Å². The van der Waals surface area contributed by atoms with E-state index in [1.807, 2.05) is 0 Å². The third kappa shape index (κ3) is 4.28. The van der Waals surface area contributed by atoms with Crippen LogP contribution in [0.25, 0.3) is 0 Å². The lowest BCUT2D eigenvalue weighted by Gasteiger charge is -2.32. The van der Waals surface area contributed by atoms with E-state index < -0.39 is 16.6 Å². The molecule has 0 aromatic heterocycles. The predicted octanol–water partition coefficient (Wildman–Crippen LogP) is 3.42. The van der Waals surface area contributed by atoms with Crippen molar-refractivity contribution < 1.29 is 18.9 Å². The third-order valence-electron chi connectivity index (χ3n) is 4.63. The fourth-order valence-corrected chi connectivity index (χ4v) is 3.30. The quantitative estimate of drug-likeness (QED) is 0.623. The number of likely N-dealkylation sites (tertiary alicyclic amines) is 1. The Morgan fingerprint density at radius 2 is 1.82 bits per heavy atom. The van der Waals surface area contributed by atoms with E-state index in [0.29, 0.717) is 25.9 Å². The van der Waals surface area contributed by atoms with Gasteiger partial charge in [0.2, 0.25) is 0 Å². The minimum absolute atomic E-state index is 0.0216. The van der Waals surface area contributed by atoms with Crippen LogP contribution in [0.5, 0.6) is 0 Å². The van der Waals surface area contributed by atoms with Crippen LogP contribution in [0.4, 0.5) is 10.1 Å². The molecule has 1 aliphatic rings. The van der Waals surface area contributed by atoms with Gasteiger partial charge in [0, 0.05) is 31.3 Å². The topological polar surface area (TPSA) is 92.6 Å². The SMILES string of the molecule is O=C(NC1CCN(C(=O)c2ccccc2F)CC1)c1cc([N+](=O)[O-])ccc1Cl. The number of nitro groups is 1. The normalized spacial score (nSPS) is 14.6. The van der Waals surface area contributed by atoms with Crippen molar-refractivity contribution in [3.05, 3.63) is 74.5 Å². The van der Waals surface area contributed by atoms with Crippen LogP contribution in [0.15, 0.2) is 42.5 Å². The molecule has 3 rings (SSSR count). The fraction of sp³-hybridized carbons (Fsp3) is 0.263. The summed E-state index contributed by atoms with van der Waals surface area (Å²) in [6.07, 6.45) is 0.969. The number of halogens is 2. The zero-order chi connectivity index (χ0) is 20.3. The molecule has 0 atom stereocenters. The molecule has 1 N–H and O–H groups in total. The Kier molecular flexibility index (Phi) is 5.89. The summed E-state index contributed by atoms with van der Waals surface area (Å²) >= 11 is 5.99. The molecule has 1 heterocycles. The Balaban J connectivity index is 1.61. The first-order valence-corrected chi connectivity index (χ1v) is 9.03. The van der Waals surface area contributed by atoms with Crippen LogP contribution in [-0.2, 0) is 0 Å². The molecule has 1 saturated heterocycles. The van der Waals surface area contributed by atoms with E-state index in [2.05, 4.69) is 5.32 Å². The first kappa shape index (κ1) is 19.8. The molecular weight excluding hydrogens is 389 g/mol. The molecule has 9 heteroatoms. The summed E-state index contributed by atoms with van der Waals surface area (Å²) in [6, 6.07) is 9.26. The fourth-order valence-electron chi connectivity index (χ4n) is 3.10. The Morgan fingerprint density at radius 1 is 1.14 bits per heavy atom. The van der Waals surface area contributed by atoms with Crippen LogP contribution in [0, 0.1) is 15.9 Å². The Morgan fingerprint density at radius 3 is 2.46 bits per heavy atom. The molecule has 0 unspecified atom stereocenters. The molecule has 2 aromatic rings. The summed E-state index contributed by atoms with van der Waals surface area (Å²) in [6.45, 7) is 0.724. The molecule has 28 heavy (non-hydrogen) atoms. The lowest BCUT2D eigenvalue weighted by atomic mass is 10.0. The van der Waals surface area contributed by atoms with Gasteiger partial charge in [0.05, 0.1) is 21.1 Å². The van der Waals surface area contributed by atoms with Crippen LogP contribution < -0.4 is 5.32 Å². The lowest BCUT2D eigenvalue weighted by molar-refractivity contribution is -0.384. The van der Waals surface area contributed by atoms with Gasteiger partial charge in [0.15, 0.2) is 0 Å². The Labute approximate surface area is 165 Å². The summed E-state index contributed by atoms with van der Waals surface area (Å²) in [5.74, 6) is -1.46. The number of carbonyl (C=O) groups is 2. The van der Waals surface area contributed by atoms with Gasteiger partial charge in [0.1, 0.15) is 5.82 Å². The van der Waals surface area contributed by atoms with Crippen molar-refractivity contribution in [3.8, 4) is 0 Å². The highest BCUT2D eigenvalue weighted by Gasteiger charge is 2.27. The van der Waals surface area contributed by atoms with Crippen molar-refractivity contribution in [2.45, 2.75) is 18.9 Å². The first-order valence-electron chi connectivity index (χ1n) is 8.65. The molecule has 2 aromatic carbocycles. The molecule has 0 spiro atoms. The maximum atomic E-state index is 13.8. The molecule has 0 radical (unpaired) electrons. The van der Waals surface area contributed by atoms with Gasteiger partial charge in [-0.25, -0.2) is 4.39 Å². The van der Waals surface area contributed by atoms with Gasteiger partial charge in [-0.05, 0) is 31.0 Å². The summed E-state index contributed by atoms with van der Waals surface area (Å²) < 4.78 is 13.8. The second kappa shape index (κ2) is 8.35. The van der Waals surface area contributed by atoms with Gasteiger partial charge >= 0.3 is 0 Å². The minimum Gasteiger partial charge on any atom is -0.349 e. The monoisotopic (exact) mass is 405 g/mol. The smallest absolute Gasteiger partial charge is 0.270 e. The Hall–Kier alpha value is -3.00. The molecule has 0 saturated carbocycles. The first-order chi connectivity index (χ1) is 13.4. The Bertz CT molecular complexity index is 929. The van der Waals surface area contributed by atoms with Gasteiger partial charge in [-0.3, -0.25) is 19.7 Å². The van der Waals surface area contributed by atoms with Crippen LogP contribution >= 0.6 is 11.6 Å². The number of rotatable bonds is 4. The van der Waals surface area contributed by atoms with Gasteiger partial charge in [-0.1, -0.05) is 23.7 Å². The van der Waals surface area contributed by atoms with Crippen molar-refractivity contribution >= 4 is 29.1 Å². The number of piperidine rings is 1. The van der Waals surface area contributed by atoms with Crippen molar-refractivity contribution in [1.82, 2.24) is 10.2 Å². The van der Waals surface area contributed by atoms with Crippen LogP contribution in [0.1, 0.15) is 33.6 Å². The van der Waals surface area contributed by atoms with Gasteiger partial charge in [0.25, 0.3) is 17.5 Å². The van der Waals surface area contributed by atoms with E-state index >= 15 is 0 Å². The van der Waals surface area contributed by atoms with E-state index in [1.165, 1.54) is 30.3 Å². The van der Waals surface area contributed by atoms with Gasteiger partial charge in [-0.2, -0.15) is 0 Å². The molecule has 2 amide bonds. The molecule has 7 nitrogen and oxygen atoms in total. The molecule has 1 fully saturated rings. The second-order valence-corrected chi connectivity index (χ2v) is 6.85. The van der Waals surface area contributed by atoms with Crippen LogP contribution in [-0.4, -0.2) is 40.8 Å². The molecule has 146 valence electrons. The number of carbonyl (C=O) groups excluding carboxylic acids is 2. The molecular formula is C19H17ClFN3O4. The number of nitrogens with zero attached hydrogens (tertiary/aromatic N) is 2. The largest absolute Gasteiger partial charge is 0.349 e. The van der Waals surface area contributed by atoms with E-state index in [1.54, 1.807) is 11.0 Å². The van der Waals surface area contributed by atoms with Crippen molar-refractivity contribution in [2.75, 3.05) is 13.1 Å². The number of amides is 2. The number of non-ortho nitro benzene ring substituents is 1. The van der Waals surface area contributed by atoms with E-state index in [0.717, 1.165) is 6.07 Å². The van der Waals surface area contributed by atoms with Gasteiger partial charge in [-0.15, -0.1) is 0 Å². The van der Waals surface area contributed by atoms with Crippen LogP contribution in [0.2, 0.25) is 5.02 Å². The van der Waals surface area contributed by atoms with Gasteiger partial charge < -0.3 is 10.2 Å². The zero-order valence-corrected chi connectivity index (χ0v) is 15.5. The number of hydrogen-bond acceptors (Lipinski definition) is 4. The second-order valence-electron chi connectivity index (χ2n) is 6.44. The molecule has 0 bridgehead atoms. The molecule has 0 aliphatic carbocycles. The van der Waals surface area contributed by atoms with Crippen molar-refractivity contribution in [2.24, 2.45) is 0 Å². The third-order valence-corrected chi connectivity index (χ3v) is 4.96. The number of benzene rings is 2. The molecule has 1 aliphatic heterocycles. The van der Waals surface area contributed by atoms with E-state index in [-0.39, 0.29) is 33.8 Å². The van der Waals surface area contributed by atoms with Crippen LogP contribution in [0.3, 0.4) is 0 Å². The highest BCUT2D eigenvalue weighted by atomic mass is 35.5. The average molecular weight is 406 g/mol. The number of nitro benzene ring substituents is 1. The summed E-state index contributed by atoms with van der Waals surface area (Å²) in [7, 11) is 0. The standard InChI is InChI=1S/C19H17ClFN3O4/c20-16-6-5-13(24(27)28)11-15(16)18(25)22-12-7-9-23(10-8-12)19(26)14-3-1-2-4-17(14)21/h1-6,11-12H,7-10H2,(H,22,25). The maximum Gasteiger partial charge on any atom is 0.270 e. The van der Waals surface area contributed by atoms with E-state index in [9.17, 15) is 24.1 Å². The summed E-state index contributed by atoms with van der Waals surface area (Å²) in [5.41, 5.74) is -0.172. The maximum absolute atomic E-state index is 13.8.